The summed E-state index contributed by atoms with van der Waals surface area (Å²) in [6.07, 6.45) is 3.51. The summed E-state index contributed by atoms with van der Waals surface area (Å²) in [7, 11) is 0. The molecule has 0 saturated carbocycles. The van der Waals surface area contributed by atoms with E-state index in [0.717, 1.165) is 22.0 Å². The van der Waals surface area contributed by atoms with E-state index in [9.17, 15) is 4.79 Å². The minimum atomic E-state index is -0.00907. The second-order valence-electron chi connectivity index (χ2n) is 6.04. The molecule has 3 rings (SSSR count). The number of rotatable bonds is 4. The third kappa shape index (κ3) is 3.38. The van der Waals surface area contributed by atoms with Gasteiger partial charge in [0.15, 0.2) is 0 Å². The molecule has 120 valence electrons. The van der Waals surface area contributed by atoms with Crippen LogP contribution in [0.15, 0.2) is 78.9 Å². The zero-order valence-corrected chi connectivity index (χ0v) is 14.0. The molecule has 0 spiro atoms. The van der Waals surface area contributed by atoms with Crippen LogP contribution in [0.5, 0.6) is 0 Å². The Hall–Kier alpha value is -2.87. The minimum absolute atomic E-state index is 0.00907. The SMILES string of the molecule is CC(C)N(C(=O)/C=C/c1ccccc1)c1cccc2ccccc12. The topological polar surface area (TPSA) is 20.3 Å². The van der Waals surface area contributed by atoms with Crippen molar-refractivity contribution < 1.29 is 4.79 Å². The molecule has 0 atom stereocenters. The standard InChI is InChI=1S/C22H21NO/c1-17(2)23(22(24)16-15-18-9-4-3-5-10-18)21-14-8-12-19-11-6-7-13-20(19)21/h3-17H,1-2H3/b16-15+. The van der Waals surface area contributed by atoms with E-state index in [1.165, 1.54) is 0 Å². The summed E-state index contributed by atoms with van der Waals surface area (Å²) in [6, 6.07) is 24.2. The first-order chi connectivity index (χ1) is 11.7. The van der Waals surface area contributed by atoms with Crippen molar-refractivity contribution in [3.8, 4) is 0 Å². The van der Waals surface area contributed by atoms with Gasteiger partial charge in [-0.05, 0) is 36.9 Å². The number of nitrogens with zero attached hydrogens (tertiary/aromatic N) is 1. The molecule has 0 aliphatic rings. The van der Waals surface area contributed by atoms with Crippen molar-refractivity contribution in [3.05, 3.63) is 84.4 Å². The third-order valence-electron chi connectivity index (χ3n) is 4.00. The van der Waals surface area contributed by atoms with Crippen LogP contribution in [0.1, 0.15) is 19.4 Å². The molecule has 0 heterocycles. The Morgan fingerprint density at radius 3 is 2.29 bits per heavy atom. The summed E-state index contributed by atoms with van der Waals surface area (Å²) in [6.45, 7) is 4.08. The quantitative estimate of drug-likeness (QED) is 0.599. The van der Waals surface area contributed by atoms with Crippen molar-refractivity contribution in [1.82, 2.24) is 0 Å². The number of hydrogen-bond acceptors (Lipinski definition) is 1. The smallest absolute Gasteiger partial charge is 0.251 e. The van der Waals surface area contributed by atoms with Crippen LogP contribution in [0.2, 0.25) is 0 Å². The van der Waals surface area contributed by atoms with Crippen LogP contribution in [0.4, 0.5) is 5.69 Å². The number of fused-ring (bicyclic) bond motifs is 1. The fourth-order valence-corrected chi connectivity index (χ4v) is 2.88. The van der Waals surface area contributed by atoms with Gasteiger partial charge >= 0.3 is 0 Å². The fraction of sp³-hybridized carbons (Fsp3) is 0.136. The molecule has 0 radical (unpaired) electrons. The molecule has 1 amide bonds. The highest BCUT2D eigenvalue weighted by molar-refractivity contribution is 6.09. The van der Waals surface area contributed by atoms with Crippen LogP contribution >= 0.6 is 0 Å². The van der Waals surface area contributed by atoms with E-state index >= 15 is 0 Å². The first-order valence-corrected chi connectivity index (χ1v) is 8.21. The molecule has 0 fully saturated rings. The van der Waals surface area contributed by atoms with E-state index in [2.05, 4.69) is 18.2 Å². The van der Waals surface area contributed by atoms with E-state index in [-0.39, 0.29) is 11.9 Å². The summed E-state index contributed by atoms with van der Waals surface area (Å²) in [5, 5.41) is 2.23. The average molecular weight is 315 g/mol. The van der Waals surface area contributed by atoms with Gasteiger partial charge < -0.3 is 4.90 Å². The van der Waals surface area contributed by atoms with Crippen LogP contribution in [-0.4, -0.2) is 11.9 Å². The number of carbonyl (C=O) groups excluding carboxylic acids is 1. The van der Waals surface area contributed by atoms with Gasteiger partial charge in [0.1, 0.15) is 0 Å². The molecule has 24 heavy (non-hydrogen) atoms. The van der Waals surface area contributed by atoms with Crippen molar-refractivity contribution in [3.63, 3.8) is 0 Å². The normalized spacial score (nSPS) is 11.3. The predicted molar refractivity (Wildman–Crippen MR) is 102 cm³/mol. The summed E-state index contributed by atoms with van der Waals surface area (Å²) >= 11 is 0. The largest absolute Gasteiger partial charge is 0.306 e. The maximum absolute atomic E-state index is 12.8. The summed E-state index contributed by atoms with van der Waals surface area (Å²) in [4.78, 5) is 14.7. The second-order valence-corrected chi connectivity index (χ2v) is 6.04. The Labute approximate surface area is 143 Å². The number of amides is 1. The zero-order valence-electron chi connectivity index (χ0n) is 14.0. The molecule has 0 unspecified atom stereocenters. The number of anilines is 1. The van der Waals surface area contributed by atoms with Gasteiger partial charge in [-0.25, -0.2) is 0 Å². The van der Waals surface area contributed by atoms with Crippen LogP contribution < -0.4 is 4.90 Å². The molecule has 3 aromatic rings. The van der Waals surface area contributed by atoms with Crippen molar-refractivity contribution in [1.29, 1.82) is 0 Å². The Balaban J connectivity index is 1.97. The van der Waals surface area contributed by atoms with E-state index in [1.54, 1.807) is 6.08 Å². The molecule has 0 aliphatic heterocycles. The van der Waals surface area contributed by atoms with Crippen LogP contribution in [0.3, 0.4) is 0 Å². The maximum Gasteiger partial charge on any atom is 0.251 e. The monoisotopic (exact) mass is 315 g/mol. The Morgan fingerprint density at radius 2 is 1.54 bits per heavy atom. The minimum Gasteiger partial charge on any atom is -0.306 e. The lowest BCUT2D eigenvalue weighted by Gasteiger charge is -2.27. The lowest BCUT2D eigenvalue weighted by Crippen LogP contribution is -2.35. The molecule has 0 N–H and O–H groups in total. The first kappa shape index (κ1) is 16.0. The molecule has 0 aromatic heterocycles. The Kier molecular flexibility index (Phi) is 4.76. The van der Waals surface area contributed by atoms with Crippen molar-refractivity contribution in [2.24, 2.45) is 0 Å². The van der Waals surface area contributed by atoms with E-state index < -0.39 is 0 Å². The molecule has 0 aliphatic carbocycles. The highest BCUT2D eigenvalue weighted by atomic mass is 16.2. The highest BCUT2D eigenvalue weighted by Gasteiger charge is 2.18. The van der Waals surface area contributed by atoms with Crippen molar-refractivity contribution in [2.75, 3.05) is 4.90 Å². The number of carbonyl (C=O) groups is 1. The lowest BCUT2D eigenvalue weighted by atomic mass is 10.1. The van der Waals surface area contributed by atoms with Crippen LogP contribution in [0, 0.1) is 0 Å². The van der Waals surface area contributed by atoms with Crippen molar-refractivity contribution >= 4 is 28.4 Å². The third-order valence-corrected chi connectivity index (χ3v) is 4.00. The summed E-state index contributed by atoms with van der Waals surface area (Å²) < 4.78 is 0. The van der Waals surface area contributed by atoms with Crippen LogP contribution in [-0.2, 0) is 4.79 Å². The van der Waals surface area contributed by atoms with Gasteiger partial charge in [0.2, 0.25) is 0 Å². The van der Waals surface area contributed by atoms with Crippen molar-refractivity contribution in [2.45, 2.75) is 19.9 Å². The fourth-order valence-electron chi connectivity index (χ4n) is 2.88. The Morgan fingerprint density at radius 1 is 0.875 bits per heavy atom. The average Bonchev–Trinajstić information content (AvgIpc) is 2.61. The highest BCUT2D eigenvalue weighted by Crippen LogP contribution is 2.28. The van der Waals surface area contributed by atoms with Gasteiger partial charge in [0.25, 0.3) is 5.91 Å². The second kappa shape index (κ2) is 7.14. The molecule has 0 saturated heterocycles. The van der Waals surface area contributed by atoms with E-state index in [4.69, 9.17) is 0 Å². The molecule has 2 heteroatoms. The molecule has 2 nitrogen and oxygen atoms in total. The molecule has 0 bridgehead atoms. The number of benzene rings is 3. The zero-order chi connectivity index (χ0) is 16.9. The van der Waals surface area contributed by atoms with E-state index in [1.807, 2.05) is 79.4 Å². The number of hydrogen-bond donors (Lipinski definition) is 0. The van der Waals surface area contributed by atoms with Gasteiger partial charge in [0, 0.05) is 17.5 Å². The summed E-state index contributed by atoms with van der Waals surface area (Å²) in [5.41, 5.74) is 1.97. The molecule has 3 aromatic carbocycles. The summed E-state index contributed by atoms with van der Waals surface area (Å²) in [5.74, 6) is -0.00907. The van der Waals surface area contributed by atoms with E-state index in [0.29, 0.717) is 0 Å². The Bertz CT molecular complexity index is 860. The van der Waals surface area contributed by atoms with Crippen LogP contribution in [0.25, 0.3) is 16.8 Å². The maximum atomic E-state index is 12.8. The molecular formula is C22H21NO. The van der Waals surface area contributed by atoms with Gasteiger partial charge in [-0.3, -0.25) is 4.79 Å². The van der Waals surface area contributed by atoms with Gasteiger partial charge in [-0.15, -0.1) is 0 Å². The first-order valence-electron chi connectivity index (χ1n) is 8.21. The van der Waals surface area contributed by atoms with Gasteiger partial charge in [-0.1, -0.05) is 66.7 Å². The lowest BCUT2D eigenvalue weighted by molar-refractivity contribution is -0.114. The predicted octanol–water partition coefficient (Wildman–Crippen LogP) is 5.29. The van der Waals surface area contributed by atoms with Gasteiger partial charge in [-0.2, -0.15) is 0 Å². The van der Waals surface area contributed by atoms with Gasteiger partial charge in [0.05, 0.1) is 5.69 Å². The molecular weight excluding hydrogens is 294 g/mol.